The third-order valence-corrected chi connectivity index (χ3v) is 5.03. The molecule has 0 atom stereocenters. The first-order valence-electron chi connectivity index (χ1n) is 10.1. The van der Waals surface area contributed by atoms with E-state index in [1.165, 1.54) is 4.90 Å². The van der Waals surface area contributed by atoms with Crippen LogP contribution in [-0.2, 0) is 16.1 Å². The number of imide groups is 1. The van der Waals surface area contributed by atoms with E-state index in [-0.39, 0.29) is 24.1 Å². The highest BCUT2D eigenvalue weighted by Crippen LogP contribution is 2.32. The molecule has 31 heavy (non-hydrogen) atoms. The molecule has 0 spiro atoms. The summed E-state index contributed by atoms with van der Waals surface area (Å²) in [4.78, 5) is 31.9. The van der Waals surface area contributed by atoms with E-state index < -0.39 is 0 Å². The third-order valence-electron chi connectivity index (χ3n) is 5.03. The summed E-state index contributed by atoms with van der Waals surface area (Å²) < 4.78 is 5.48. The van der Waals surface area contributed by atoms with E-state index >= 15 is 0 Å². The molecule has 1 aliphatic heterocycles. The van der Waals surface area contributed by atoms with Gasteiger partial charge in [-0.3, -0.25) is 19.5 Å². The molecule has 0 unspecified atom stereocenters. The Morgan fingerprint density at radius 3 is 2.23 bits per heavy atom. The SMILES string of the molecule is CCOc1ccc(NC2=C(c3ccc(C)cc3)C(=O)N(Cc3ccncc3)C2=O)cc1. The van der Waals surface area contributed by atoms with Crippen molar-refractivity contribution in [1.82, 2.24) is 9.88 Å². The monoisotopic (exact) mass is 413 g/mol. The second-order valence-corrected chi connectivity index (χ2v) is 7.25. The van der Waals surface area contributed by atoms with Crippen LogP contribution in [0.15, 0.2) is 78.8 Å². The van der Waals surface area contributed by atoms with Gasteiger partial charge in [-0.25, -0.2) is 0 Å². The lowest BCUT2D eigenvalue weighted by Gasteiger charge is -2.15. The number of hydrogen-bond donors (Lipinski definition) is 1. The highest BCUT2D eigenvalue weighted by atomic mass is 16.5. The predicted octanol–water partition coefficient (Wildman–Crippen LogP) is 4.18. The van der Waals surface area contributed by atoms with Gasteiger partial charge in [-0.05, 0) is 61.4 Å². The van der Waals surface area contributed by atoms with Crippen molar-refractivity contribution in [2.24, 2.45) is 0 Å². The van der Waals surface area contributed by atoms with E-state index in [4.69, 9.17) is 4.74 Å². The molecular weight excluding hydrogens is 390 g/mol. The van der Waals surface area contributed by atoms with E-state index in [0.29, 0.717) is 23.4 Å². The van der Waals surface area contributed by atoms with Crippen LogP contribution in [0, 0.1) is 6.92 Å². The Balaban J connectivity index is 1.69. The molecule has 1 aromatic heterocycles. The number of amides is 2. The number of carbonyl (C=O) groups excluding carboxylic acids is 2. The fourth-order valence-electron chi connectivity index (χ4n) is 3.44. The number of ether oxygens (including phenoxy) is 1. The van der Waals surface area contributed by atoms with Crippen LogP contribution < -0.4 is 10.1 Å². The Bertz CT molecular complexity index is 1120. The summed E-state index contributed by atoms with van der Waals surface area (Å²) in [6, 6.07) is 18.5. The van der Waals surface area contributed by atoms with Gasteiger partial charge in [-0.15, -0.1) is 0 Å². The van der Waals surface area contributed by atoms with Gasteiger partial charge in [-0.1, -0.05) is 29.8 Å². The highest BCUT2D eigenvalue weighted by Gasteiger charge is 2.39. The van der Waals surface area contributed by atoms with Crippen LogP contribution in [0.3, 0.4) is 0 Å². The van der Waals surface area contributed by atoms with Crippen molar-refractivity contribution in [1.29, 1.82) is 0 Å². The Labute approximate surface area is 181 Å². The number of rotatable bonds is 7. The van der Waals surface area contributed by atoms with Crippen LogP contribution in [0.1, 0.15) is 23.6 Å². The minimum Gasteiger partial charge on any atom is -0.494 e. The van der Waals surface area contributed by atoms with Gasteiger partial charge in [0.05, 0.1) is 18.7 Å². The van der Waals surface area contributed by atoms with Gasteiger partial charge in [0.15, 0.2) is 0 Å². The van der Waals surface area contributed by atoms with Gasteiger partial charge in [0.2, 0.25) is 0 Å². The van der Waals surface area contributed by atoms with E-state index in [9.17, 15) is 9.59 Å². The summed E-state index contributed by atoms with van der Waals surface area (Å²) in [5.41, 5.74) is 3.96. The zero-order chi connectivity index (χ0) is 21.8. The van der Waals surface area contributed by atoms with E-state index in [0.717, 1.165) is 16.9 Å². The summed E-state index contributed by atoms with van der Waals surface area (Å²) in [7, 11) is 0. The second-order valence-electron chi connectivity index (χ2n) is 7.25. The van der Waals surface area contributed by atoms with Gasteiger partial charge in [0.25, 0.3) is 11.8 Å². The van der Waals surface area contributed by atoms with Crippen LogP contribution in [0.4, 0.5) is 5.69 Å². The van der Waals surface area contributed by atoms with E-state index in [1.807, 2.05) is 62.4 Å². The van der Waals surface area contributed by atoms with Gasteiger partial charge in [0.1, 0.15) is 11.4 Å². The molecule has 0 aliphatic carbocycles. The Morgan fingerprint density at radius 2 is 1.58 bits per heavy atom. The van der Waals surface area contributed by atoms with Crippen molar-refractivity contribution in [2.45, 2.75) is 20.4 Å². The maximum atomic E-state index is 13.3. The first-order chi connectivity index (χ1) is 15.1. The number of hydrogen-bond acceptors (Lipinski definition) is 5. The van der Waals surface area contributed by atoms with Gasteiger partial charge in [0, 0.05) is 18.1 Å². The molecular formula is C25H23N3O3. The molecule has 2 aromatic carbocycles. The average molecular weight is 413 g/mol. The van der Waals surface area contributed by atoms with E-state index in [2.05, 4.69) is 10.3 Å². The summed E-state index contributed by atoms with van der Waals surface area (Å²) >= 11 is 0. The Morgan fingerprint density at radius 1 is 0.903 bits per heavy atom. The zero-order valence-electron chi connectivity index (χ0n) is 17.5. The summed E-state index contributed by atoms with van der Waals surface area (Å²) in [5.74, 6) is 0.0688. The Hall–Kier alpha value is -3.93. The van der Waals surface area contributed by atoms with Crippen molar-refractivity contribution in [3.8, 4) is 5.75 Å². The number of carbonyl (C=O) groups is 2. The molecule has 4 rings (SSSR count). The molecule has 3 aromatic rings. The fourth-order valence-corrected chi connectivity index (χ4v) is 3.44. The highest BCUT2D eigenvalue weighted by molar-refractivity contribution is 6.36. The van der Waals surface area contributed by atoms with Crippen molar-refractivity contribution < 1.29 is 14.3 Å². The predicted molar refractivity (Wildman–Crippen MR) is 119 cm³/mol. The first-order valence-corrected chi connectivity index (χ1v) is 10.1. The normalized spacial score (nSPS) is 13.7. The third kappa shape index (κ3) is 4.33. The summed E-state index contributed by atoms with van der Waals surface area (Å²) in [6.45, 7) is 4.66. The first kappa shape index (κ1) is 20.3. The number of aromatic nitrogens is 1. The van der Waals surface area contributed by atoms with E-state index in [1.54, 1.807) is 24.5 Å². The standard InChI is InChI=1S/C25H23N3O3/c1-3-31-21-10-8-20(9-11-21)27-23-22(19-6-4-17(2)5-7-19)24(29)28(25(23)30)16-18-12-14-26-15-13-18/h4-15,27H,3,16H2,1-2H3. The van der Waals surface area contributed by atoms with Crippen molar-refractivity contribution in [3.63, 3.8) is 0 Å². The van der Waals surface area contributed by atoms with Crippen LogP contribution in [0.25, 0.3) is 5.57 Å². The van der Waals surface area contributed by atoms with Crippen molar-refractivity contribution in [3.05, 3.63) is 95.4 Å². The van der Waals surface area contributed by atoms with Gasteiger partial charge < -0.3 is 10.1 Å². The number of anilines is 1. The minimum atomic E-state index is -0.355. The molecule has 2 heterocycles. The number of pyridine rings is 1. The molecule has 0 fully saturated rings. The van der Waals surface area contributed by atoms with Crippen molar-refractivity contribution >= 4 is 23.1 Å². The van der Waals surface area contributed by atoms with Gasteiger partial charge >= 0.3 is 0 Å². The number of nitrogens with zero attached hydrogens (tertiary/aromatic N) is 2. The number of aryl methyl sites for hydroxylation is 1. The van der Waals surface area contributed by atoms with Crippen molar-refractivity contribution in [2.75, 3.05) is 11.9 Å². The zero-order valence-corrected chi connectivity index (χ0v) is 17.5. The van der Waals surface area contributed by atoms with Gasteiger partial charge in [-0.2, -0.15) is 0 Å². The molecule has 0 bridgehead atoms. The van der Waals surface area contributed by atoms with Crippen LogP contribution in [0.5, 0.6) is 5.75 Å². The number of benzene rings is 2. The smallest absolute Gasteiger partial charge is 0.278 e. The van der Waals surface area contributed by atoms with Crippen LogP contribution in [0.2, 0.25) is 0 Å². The van der Waals surface area contributed by atoms with Crippen LogP contribution >= 0.6 is 0 Å². The molecule has 2 amide bonds. The summed E-state index contributed by atoms with van der Waals surface area (Å²) in [6.07, 6.45) is 3.29. The molecule has 0 saturated heterocycles. The fraction of sp³-hybridized carbons (Fsp3) is 0.160. The number of nitrogens with one attached hydrogen (secondary N) is 1. The molecule has 6 nitrogen and oxygen atoms in total. The molecule has 6 heteroatoms. The maximum absolute atomic E-state index is 13.3. The second kappa shape index (κ2) is 8.83. The molecule has 0 saturated carbocycles. The topological polar surface area (TPSA) is 71.5 Å². The minimum absolute atomic E-state index is 0.185. The lowest BCUT2D eigenvalue weighted by molar-refractivity contribution is -0.137. The molecule has 156 valence electrons. The molecule has 1 aliphatic rings. The average Bonchev–Trinajstić information content (AvgIpc) is 3.01. The largest absolute Gasteiger partial charge is 0.494 e. The summed E-state index contributed by atoms with van der Waals surface area (Å²) in [5, 5.41) is 3.17. The maximum Gasteiger partial charge on any atom is 0.278 e. The molecule has 1 N–H and O–H groups in total. The molecule has 0 radical (unpaired) electrons. The lowest BCUT2D eigenvalue weighted by atomic mass is 10.0. The van der Waals surface area contributed by atoms with Crippen LogP contribution in [-0.4, -0.2) is 28.3 Å². The lowest BCUT2D eigenvalue weighted by Crippen LogP contribution is -2.32. The quantitative estimate of drug-likeness (QED) is 0.589. The Kier molecular flexibility index (Phi) is 5.80.